The predicted octanol–water partition coefficient (Wildman–Crippen LogP) is 3.22. The van der Waals surface area contributed by atoms with E-state index in [2.05, 4.69) is 15.6 Å². The molecular formula is C34H31F3N8O7. The first-order chi connectivity index (χ1) is 24.6. The fourth-order valence-electron chi connectivity index (χ4n) is 6.42. The minimum atomic E-state index is -4.86. The largest absolute Gasteiger partial charge is 0.492 e. The van der Waals surface area contributed by atoms with Crippen LogP contribution in [0.25, 0.3) is 0 Å². The highest BCUT2D eigenvalue weighted by atomic mass is 19.4. The molecule has 0 aliphatic carbocycles. The summed E-state index contributed by atoms with van der Waals surface area (Å²) in [5.74, 6) is -3.04. The topological polar surface area (TPSA) is 188 Å². The number of nitrogens with zero attached hydrogens (tertiary/aromatic N) is 7. The Hall–Kier alpha value is -6.12. The number of piperidine rings is 1. The highest BCUT2D eigenvalue weighted by Crippen LogP contribution is 2.38. The summed E-state index contributed by atoms with van der Waals surface area (Å²) in [6, 6.07) is 6.88. The molecule has 18 heteroatoms. The Morgan fingerprint density at radius 2 is 1.79 bits per heavy atom. The number of rotatable bonds is 11. The molecule has 7 amide bonds. The zero-order chi connectivity index (χ0) is 37.5. The third kappa shape index (κ3) is 6.45. The average molecular weight is 721 g/mol. The van der Waals surface area contributed by atoms with Crippen molar-refractivity contribution in [3.8, 4) is 11.8 Å². The van der Waals surface area contributed by atoms with Crippen LogP contribution >= 0.6 is 0 Å². The van der Waals surface area contributed by atoms with Crippen LogP contribution < -0.4 is 15.0 Å². The van der Waals surface area contributed by atoms with Crippen molar-refractivity contribution in [2.45, 2.75) is 70.3 Å². The molecule has 2 fully saturated rings. The molecule has 3 aliphatic rings. The molecular weight excluding hydrogens is 689 g/mol. The van der Waals surface area contributed by atoms with E-state index in [0.29, 0.717) is 42.5 Å². The molecule has 3 aliphatic heterocycles. The number of carbonyl (C=O) groups excluding carboxylic acids is 6. The number of nitriles is 1. The monoisotopic (exact) mass is 720 g/mol. The van der Waals surface area contributed by atoms with E-state index < -0.39 is 64.5 Å². The summed E-state index contributed by atoms with van der Waals surface area (Å²) in [7, 11) is 0. The molecule has 0 bridgehead atoms. The lowest BCUT2D eigenvalue weighted by atomic mass is 10.0. The lowest BCUT2D eigenvalue weighted by Gasteiger charge is -2.27. The fourth-order valence-corrected chi connectivity index (χ4v) is 6.42. The predicted molar refractivity (Wildman–Crippen MR) is 171 cm³/mol. The maximum atomic E-state index is 13.5. The fraction of sp³-hybridized carbons (Fsp3) is 0.382. The average Bonchev–Trinajstić information content (AvgIpc) is 3.70. The number of aryl methyl sites for hydroxylation is 1. The lowest BCUT2D eigenvalue weighted by molar-refractivity contribution is -0.138. The maximum Gasteiger partial charge on any atom is 0.417 e. The molecule has 15 nitrogen and oxygen atoms in total. The summed E-state index contributed by atoms with van der Waals surface area (Å²) in [4.78, 5) is 79.6. The summed E-state index contributed by atoms with van der Waals surface area (Å²) < 4.78 is 48.1. The van der Waals surface area contributed by atoms with Gasteiger partial charge in [-0.3, -0.25) is 38.9 Å². The molecule has 6 rings (SSSR count). The van der Waals surface area contributed by atoms with Crippen LogP contribution in [-0.2, 0) is 33.5 Å². The molecule has 1 N–H and O–H groups in total. The standard InChI is InChI=1S/C34H31F3N8O7/c1-33(2)31(50)44(21-9-8-19(17-38)23(16-21)34(35,36)37)32(51)43(33)14-4-3-13-42-18-20(40-41-42)12-15-52-25-7-5-6-22-27(25)30(49)45(29(22)48)24-10-11-26(46)39-28(24)47/h5-9,16,18,24H,3-4,10-15H2,1-2H3,(H,39,46,47). The third-order valence-corrected chi connectivity index (χ3v) is 9.16. The number of nitrogens with one attached hydrogen (secondary N) is 1. The molecule has 2 saturated heterocycles. The second-order valence-corrected chi connectivity index (χ2v) is 12.9. The summed E-state index contributed by atoms with van der Waals surface area (Å²) in [5.41, 5.74) is -2.77. The van der Waals surface area contributed by atoms with Crippen molar-refractivity contribution in [2.24, 2.45) is 0 Å². The van der Waals surface area contributed by atoms with E-state index in [9.17, 15) is 41.9 Å². The van der Waals surface area contributed by atoms with Crippen LogP contribution in [0.3, 0.4) is 0 Å². The summed E-state index contributed by atoms with van der Waals surface area (Å²) >= 11 is 0. The Morgan fingerprint density at radius 3 is 2.50 bits per heavy atom. The first kappa shape index (κ1) is 35.7. The molecule has 0 radical (unpaired) electrons. The number of anilines is 1. The first-order valence-electron chi connectivity index (χ1n) is 16.3. The van der Waals surface area contributed by atoms with Gasteiger partial charge in [-0.2, -0.15) is 18.4 Å². The number of aromatic nitrogens is 3. The van der Waals surface area contributed by atoms with Crippen molar-refractivity contribution >= 4 is 41.3 Å². The van der Waals surface area contributed by atoms with Crippen molar-refractivity contribution in [3.05, 3.63) is 70.5 Å². The number of fused-ring (bicyclic) bond motifs is 1. The SMILES string of the molecule is CC1(C)C(=O)N(c2ccc(C#N)c(C(F)(F)F)c2)C(=O)N1CCCCn1cc(CCOc2cccc3c2C(=O)N(C2CCC(=O)NC2=O)C3=O)nn1. The number of benzene rings is 2. The lowest BCUT2D eigenvalue weighted by Crippen LogP contribution is -2.54. The Kier molecular flexibility index (Phi) is 9.30. The van der Waals surface area contributed by atoms with E-state index >= 15 is 0 Å². The van der Waals surface area contributed by atoms with Gasteiger partial charge in [0.25, 0.3) is 17.7 Å². The molecule has 4 heterocycles. The quantitative estimate of drug-likeness (QED) is 0.175. The van der Waals surface area contributed by atoms with Gasteiger partial charge in [-0.1, -0.05) is 11.3 Å². The van der Waals surface area contributed by atoms with Gasteiger partial charge in [-0.15, -0.1) is 5.10 Å². The third-order valence-electron chi connectivity index (χ3n) is 9.16. The molecule has 1 unspecified atom stereocenters. The van der Waals surface area contributed by atoms with E-state index in [1.165, 1.54) is 36.9 Å². The van der Waals surface area contributed by atoms with Crippen LogP contribution in [-0.4, -0.2) is 85.1 Å². The summed E-state index contributed by atoms with van der Waals surface area (Å²) in [6.45, 7) is 3.64. The van der Waals surface area contributed by atoms with Gasteiger partial charge in [0.1, 0.15) is 17.3 Å². The molecule has 1 aromatic heterocycles. The van der Waals surface area contributed by atoms with Gasteiger partial charge < -0.3 is 9.64 Å². The Labute approximate surface area is 293 Å². The highest BCUT2D eigenvalue weighted by Gasteiger charge is 2.52. The molecule has 0 spiro atoms. The number of ether oxygens (including phenoxy) is 1. The first-order valence-corrected chi connectivity index (χ1v) is 16.3. The number of hydrogen-bond acceptors (Lipinski definition) is 10. The van der Waals surface area contributed by atoms with Crippen molar-refractivity contribution in [3.63, 3.8) is 0 Å². The minimum absolute atomic E-state index is 0.00252. The van der Waals surface area contributed by atoms with Gasteiger partial charge >= 0.3 is 12.2 Å². The number of halogens is 3. The summed E-state index contributed by atoms with van der Waals surface area (Å²) in [5, 5.41) is 19.5. The molecule has 1 atom stereocenters. The molecule has 2 aromatic carbocycles. The van der Waals surface area contributed by atoms with Crippen molar-refractivity contribution < 1.29 is 46.7 Å². The minimum Gasteiger partial charge on any atom is -0.492 e. The second kappa shape index (κ2) is 13.5. The van der Waals surface area contributed by atoms with Crippen molar-refractivity contribution in [1.82, 2.24) is 30.1 Å². The van der Waals surface area contributed by atoms with Gasteiger partial charge in [0.2, 0.25) is 11.8 Å². The number of urea groups is 1. The normalized spacial score (nSPS) is 18.6. The van der Waals surface area contributed by atoms with Crippen LogP contribution in [0.1, 0.15) is 77.1 Å². The van der Waals surface area contributed by atoms with Crippen molar-refractivity contribution in [1.29, 1.82) is 5.26 Å². The van der Waals surface area contributed by atoms with Gasteiger partial charge in [0.05, 0.1) is 46.3 Å². The summed E-state index contributed by atoms with van der Waals surface area (Å²) in [6.07, 6.45) is -1.90. The van der Waals surface area contributed by atoms with Gasteiger partial charge in [-0.05, 0) is 63.4 Å². The van der Waals surface area contributed by atoms with Gasteiger partial charge in [0, 0.05) is 32.1 Å². The van der Waals surface area contributed by atoms with Crippen LogP contribution in [0.5, 0.6) is 5.75 Å². The van der Waals surface area contributed by atoms with E-state index in [4.69, 9.17) is 10.00 Å². The van der Waals surface area contributed by atoms with E-state index in [1.54, 1.807) is 16.9 Å². The van der Waals surface area contributed by atoms with E-state index in [0.717, 1.165) is 17.0 Å². The number of alkyl halides is 3. The Bertz CT molecular complexity index is 2050. The Morgan fingerprint density at radius 1 is 1.04 bits per heavy atom. The van der Waals surface area contributed by atoms with Crippen LogP contribution in [0.15, 0.2) is 42.6 Å². The van der Waals surface area contributed by atoms with Crippen LogP contribution in [0, 0.1) is 11.3 Å². The number of imide groups is 3. The number of hydrogen-bond donors (Lipinski definition) is 1. The molecule has 3 aromatic rings. The number of amides is 7. The number of unbranched alkanes of at least 4 members (excludes halogenated alkanes) is 1. The van der Waals surface area contributed by atoms with Gasteiger partial charge in [-0.25, -0.2) is 9.69 Å². The Balaban J connectivity index is 1.01. The maximum absolute atomic E-state index is 13.5. The van der Waals surface area contributed by atoms with Crippen LogP contribution in [0.2, 0.25) is 0 Å². The second-order valence-electron chi connectivity index (χ2n) is 12.9. The van der Waals surface area contributed by atoms with E-state index in [-0.39, 0.29) is 48.6 Å². The molecule has 270 valence electrons. The smallest absolute Gasteiger partial charge is 0.417 e. The number of carbonyl (C=O) groups is 6. The zero-order valence-electron chi connectivity index (χ0n) is 27.9. The van der Waals surface area contributed by atoms with Crippen LogP contribution in [0.4, 0.5) is 23.7 Å². The highest BCUT2D eigenvalue weighted by molar-refractivity contribution is 6.25. The van der Waals surface area contributed by atoms with Gasteiger partial charge in [0.15, 0.2) is 0 Å². The zero-order valence-corrected chi connectivity index (χ0v) is 27.9. The molecule has 52 heavy (non-hydrogen) atoms. The van der Waals surface area contributed by atoms with E-state index in [1.807, 2.05) is 0 Å². The molecule has 0 saturated carbocycles. The van der Waals surface area contributed by atoms with Crippen molar-refractivity contribution in [2.75, 3.05) is 18.1 Å².